The van der Waals surface area contributed by atoms with Gasteiger partial charge in [0, 0.05) is 44.2 Å². The van der Waals surface area contributed by atoms with E-state index in [1.807, 2.05) is 18.3 Å². The minimum Gasteiger partial charge on any atom is -0.500 e. The van der Waals surface area contributed by atoms with E-state index in [0.29, 0.717) is 0 Å². The largest absolute Gasteiger partial charge is 0.500 e. The van der Waals surface area contributed by atoms with Crippen LogP contribution in [0.1, 0.15) is 26.3 Å². The Kier molecular flexibility index (Phi) is 9.43. The van der Waals surface area contributed by atoms with Crippen molar-refractivity contribution in [3.8, 4) is 16.9 Å². The van der Waals surface area contributed by atoms with Gasteiger partial charge in [-0.05, 0) is 82.4 Å². The van der Waals surface area contributed by atoms with E-state index in [4.69, 9.17) is 4.98 Å². The number of hydrogen-bond donors (Lipinski definition) is 0. The van der Waals surface area contributed by atoms with Gasteiger partial charge in [-0.3, -0.25) is 0 Å². The molecule has 6 aromatic carbocycles. The van der Waals surface area contributed by atoms with Gasteiger partial charge in [-0.1, -0.05) is 117 Å². The van der Waals surface area contributed by atoms with Crippen molar-refractivity contribution in [2.75, 3.05) is 14.7 Å². The Morgan fingerprint density at radius 2 is 1.31 bits per heavy atom. The van der Waals surface area contributed by atoms with Crippen LogP contribution in [0.5, 0.6) is 0 Å². The summed E-state index contributed by atoms with van der Waals surface area (Å²) >= 11 is 0. The number of para-hydroxylation sites is 2. The Bertz CT molecular complexity index is 2610. The zero-order chi connectivity index (χ0) is 35.9. The van der Waals surface area contributed by atoms with Gasteiger partial charge in [-0.25, -0.2) is 4.98 Å². The Labute approximate surface area is 331 Å². The zero-order valence-electron chi connectivity index (χ0n) is 30.3. The van der Waals surface area contributed by atoms with Crippen LogP contribution in [-0.4, -0.2) is 9.55 Å². The van der Waals surface area contributed by atoms with E-state index in [-0.39, 0.29) is 26.5 Å². The molecule has 0 radical (unpaired) electrons. The summed E-state index contributed by atoms with van der Waals surface area (Å²) in [5.41, 5.74) is 10.5. The Balaban J connectivity index is 0.00000413. The van der Waals surface area contributed by atoms with Gasteiger partial charge in [0.1, 0.15) is 5.82 Å². The molecule has 8 aromatic rings. The Morgan fingerprint density at radius 1 is 0.611 bits per heavy atom. The zero-order valence-corrected chi connectivity index (χ0v) is 32.6. The molecule has 0 N–H and O–H groups in total. The van der Waals surface area contributed by atoms with Gasteiger partial charge >= 0.3 is 0 Å². The van der Waals surface area contributed by atoms with Crippen molar-refractivity contribution in [2.24, 2.45) is 0 Å². The van der Waals surface area contributed by atoms with E-state index < -0.39 is 0 Å². The third kappa shape index (κ3) is 6.61. The topological polar surface area (TPSA) is 27.5 Å². The van der Waals surface area contributed by atoms with Crippen LogP contribution in [0, 0.1) is 18.8 Å². The third-order valence-electron chi connectivity index (χ3n) is 9.84. The maximum atomic E-state index is 4.89. The van der Waals surface area contributed by atoms with E-state index in [0.717, 1.165) is 50.7 Å². The van der Waals surface area contributed by atoms with E-state index in [1.165, 1.54) is 22.1 Å². The molecule has 2 aromatic heterocycles. The summed E-state index contributed by atoms with van der Waals surface area (Å²) in [7, 11) is 0. The number of nitrogens with zero attached hydrogens (tertiary/aromatic N) is 5. The first kappa shape index (κ1) is 35.1. The predicted octanol–water partition coefficient (Wildman–Crippen LogP) is 12.1. The quantitative estimate of drug-likeness (QED) is 0.149. The van der Waals surface area contributed by atoms with Crippen molar-refractivity contribution in [1.82, 2.24) is 9.55 Å². The number of hydrogen-bond acceptors (Lipinski definition) is 4. The first-order chi connectivity index (χ1) is 25.9. The van der Waals surface area contributed by atoms with Crippen LogP contribution in [-0.2, 0) is 26.5 Å². The van der Waals surface area contributed by atoms with Crippen LogP contribution in [0.2, 0.25) is 0 Å². The minimum atomic E-state index is -0.0124. The summed E-state index contributed by atoms with van der Waals surface area (Å²) in [4.78, 5) is 11.4. The number of benzene rings is 6. The molecule has 6 heteroatoms. The second kappa shape index (κ2) is 14.5. The van der Waals surface area contributed by atoms with Crippen molar-refractivity contribution < 1.29 is 21.1 Å². The van der Waals surface area contributed by atoms with Gasteiger partial charge < -0.3 is 19.3 Å². The molecule has 0 unspecified atom stereocenters. The first-order valence-corrected chi connectivity index (χ1v) is 18.0. The smallest absolute Gasteiger partial charge is 0.135 e. The van der Waals surface area contributed by atoms with Crippen LogP contribution >= 0.6 is 0 Å². The van der Waals surface area contributed by atoms with Crippen LogP contribution in [0.3, 0.4) is 0 Å². The fraction of sp³-hybridized carbons (Fsp3) is 0.0833. The van der Waals surface area contributed by atoms with Crippen molar-refractivity contribution >= 4 is 50.2 Å². The summed E-state index contributed by atoms with van der Waals surface area (Å²) in [5.74, 6) is 0.882. The molecule has 268 valence electrons. The Hall–Kier alpha value is -5.90. The van der Waals surface area contributed by atoms with E-state index in [2.05, 4.69) is 211 Å². The summed E-state index contributed by atoms with van der Waals surface area (Å²) in [6.07, 6.45) is 6.08. The molecule has 0 aliphatic carbocycles. The second-order valence-corrected chi connectivity index (χ2v) is 14.3. The molecule has 0 saturated carbocycles. The molecule has 54 heavy (non-hydrogen) atoms. The SMILES string of the molecule is CC(C)(C)c1ccnc(-n2c3[c-]c(N(c4[c-]c(N5C=CN(c6cccc(-c7ccccc7)c6)[CH-]5)ccc4)c4ccccc4)ccc3c3ccccc32)c1.[Pt]. The van der Waals surface area contributed by atoms with Gasteiger partial charge in [-0.2, -0.15) is 12.1 Å². The van der Waals surface area contributed by atoms with Gasteiger partial charge in [0.25, 0.3) is 0 Å². The molecule has 5 nitrogen and oxygen atoms in total. The van der Waals surface area contributed by atoms with Gasteiger partial charge in [0.2, 0.25) is 0 Å². The molecule has 1 aliphatic rings. The molecule has 0 atom stereocenters. The van der Waals surface area contributed by atoms with Crippen LogP contribution in [0.4, 0.5) is 28.4 Å². The van der Waals surface area contributed by atoms with Crippen molar-refractivity contribution in [3.63, 3.8) is 0 Å². The molecule has 0 amide bonds. The molecule has 3 heterocycles. The molecular weight excluding hydrogens is 842 g/mol. The number of rotatable bonds is 7. The van der Waals surface area contributed by atoms with E-state index in [1.54, 1.807) is 0 Å². The summed E-state index contributed by atoms with van der Waals surface area (Å²) in [5, 5.41) is 2.30. The maximum absolute atomic E-state index is 4.89. The van der Waals surface area contributed by atoms with Crippen molar-refractivity contribution in [2.45, 2.75) is 26.2 Å². The van der Waals surface area contributed by atoms with Crippen molar-refractivity contribution in [1.29, 1.82) is 0 Å². The molecule has 1 aliphatic heterocycles. The van der Waals surface area contributed by atoms with Gasteiger partial charge in [0.15, 0.2) is 0 Å². The minimum absolute atomic E-state index is 0. The van der Waals surface area contributed by atoms with Crippen LogP contribution in [0.15, 0.2) is 170 Å². The molecule has 0 spiro atoms. The normalized spacial score (nSPS) is 12.7. The Morgan fingerprint density at radius 3 is 2.13 bits per heavy atom. The molecule has 0 fully saturated rings. The third-order valence-corrected chi connectivity index (χ3v) is 9.84. The summed E-state index contributed by atoms with van der Waals surface area (Å²) < 4.78 is 2.25. The van der Waals surface area contributed by atoms with Crippen LogP contribution in [0.25, 0.3) is 38.8 Å². The van der Waals surface area contributed by atoms with E-state index >= 15 is 0 Å². The summed E-state index contributed by atoms with van der Waals surface area (Å²) in [6, 6.07) is 60.7. The van der Waals surface area contributed by atoms with E-state index in [9.17, 15) is 0 Å². The standard InChI is InChI=1S/C48H38N5.Pt/c1-48(2,3)37-26-27-49-47(31-37)53-45-23-11-10-22-43(45)44-25-24-42(33-46(44)53)52(38-17-8-5-9-18-38)41-21-13-20-40(32-41)51-29-28-50(34-51)39-19-12-16-36(30-39)35-14-6-4-7-15-35;/h4-31,34H,1-3H3;/q-3;. The molecule has 9 rings (SSSR count). The number of aromatic nitrogens is 2. The summed E-state index contributed by atoms with van der Waals surface area (Å²) in [6.45, 7) is 8.81. The monoisotopic (exact) mass is 879 g/mol. The molecule has 0 bridgehead atoms. The van der Waals surface area contributed by atoms with Crippen molar-refractivity contribution in [3.05, 3.63) is 195 Å². The maximum Gasteiger partial charge on any atom is 0.135 e. The number of anilines is 5. The first-order valence-electron chi connectivity index (χ1n) is 18.0. The number of fused-ring (bicyclic) bond motifs is 3. The molecule has 0 saturated heterocycles. The predicted molar refractivity (Wildman–Crippen MR) is 220 cm³/mol. The number of pyridine rings is 1. The fourth-order valence-corrected chi connectivity index (χ4v) is 7.10. The fourth-order valence-electron chi connectivity index (χ4n) is 7.10. The van der Waals surface area contributed by atoms with Crippen LogP contribution < -0.4 is 14.7 Å². The molecular formula is C48H38N5Pt-3. The van der Waals surface area contributed by atoms with Gasteiger partial charge in [-0.15, -0.1) is 48.1 Å². The average Bonchev–Trinajstić information content (AvgIpc) is 3.83. The second-order valence-electron chi connectivity index (χ2n) is 14.3. The average molecular weight is 880 g/mol. The van der Waals surface area contributed by atoms with Gasteiger partial charge in [0.05, 0.1) is 0 Å².